The molecule has 112 valence electrons. The van der Waals surface area contributed by atoms with Crippen LogP contribution in [0.3, 0.4) is 0 Å². The van der Waals surface area contributed by atoms with Crippen molar-refractivity contribution in [3.8, 4) is 0 Å². The quantitative estimate of drug-likeness (QED) is 0.661. The molecule has 0 bridgehead atoms. The molecule has 0 aromatic heterocycles. The molecule has 2 unspecified atom stereocenters. The Balaban J connectivity index is 1.74. The average molecular weight is 285 g/mol. The van der Waals surface area contributed by atoms with Crippen molar-refractivity contribution in [1.82, 2.24) is 9.80 Å². The lowest BCUT2D eigenvalue weighted by molar-refractivity contribution is 0.00694. The fourth-order valence-corrected chi connectivity index (χ4v) is 4.21. The van der Waals surface area contributed by atoms with E-state index in [1.165, 1.54) is 76.9 Å². The Kier molecular flexibility index (Phi) is 7.03. The summed E-state index contributed by atoms with van der Waals surface area (Å²) in [4.78, 5) is 5.59. The third-order valence-electron chi connectivity index (χ3n) is 4.92. The van der Waals surface area contributed by atoms with E-state index in [-0.39, 0.29) is 0 Å². The van der Waals surface area contributed by atoms with Crippen molar-refractivity contribution in [2.45, 2.75) is 64.0 Å². The van der Waals surface area contributed by atoms with Crippen LogP contribution in [0.25, 0.3) is 0 Å². The van der Waals surface area contributed by atoms with Gasteiger partial charge in [-0.25, -0.2) is 0 Å². The highest BCUT2D eigenvalue weighted by Gasteiger charge is 2.33. The number of piperazine rings is 1. The van der Waals surface area contributed by atoms with Crippen LogP contribution in [0.4, 0.5) is 0 Å². The smallest absolute Gasteiger partial charge is 0.0223 e. The van der Waals surface area contributed by atoms with Gasteiger partial charge in [0.2, 0.25) is 0 Å². The molecule has 2 aliphatic rings. The molecule has 3 heteroatoms. The van der Waals surface area contributed by atoms with Crippen molar-refractivity contribution in [1.29, 1.82) is 0 Å². The number of nitrogens with zero attached hydrogens (tertiary/aromatic N) is 2. The third-order valence-corrected chi connectivity index (χ3v) is 5.62. The second-order valence-corrected chi connectivity index (χ2v) is 7.24. The number of hydrogen-bond acceptors (Lipinski definition) is 3. The summed E-state index contributed by atoms with van der Waals surface area (Å²) < 4.78 is 0. The van der Waals surface area contributed by atoms with Gasteiger partial charge in [-0.1, -0.05) is 19.8 Å². The molecular weight excluding hydrogens is 252 g/mol. The van der Waals surface area contributed by atoms with Crippen molar-refractivity contribution < 1.29 is 0 Å². The highest BCUT2D eigenvalue weighted by molar-refractivity contribution is 7.98. The SMILES string of the molecule is CCC1CN2CCCCC2CN1CCCCCSC. The second kappa shape index (κ2) is 8.53. The Morgan fingerprint density at radius 2 is 2.00 bits per heavy atom. The van der Waals surface area contributed by atoms with Crippen molar-refractivity contribution in [3.05, 3.63) is 0 Å². The normalized spacial score (nSPS) is 29.4. The third kappa shape index (κ3) is 4.64. The van der Waals surface area contributed by atoms with Crippen LogP contribution in [-0.4, -0.2) is 60.1 Å². The Hall–Kier alpha value is 0.270. The van der Waals surface area contributed by atoms with Crippen LogP contribution in [0.15, 0.2) is 0 Å². The van der Waals surface area contributed by atoms with Gasteiger partial charge in [-0.15, -0.1) is 0 Å². The molecule has 19 heavy (non-hydrogen) atoms. The summed E-state index contributed by atoms with van der Waals surface area (Å²) in [5.74, 6) is 1.34. The summed E-state index contributed by atoms with van der Waals surface area (Å²) in [5, 5.41) is 0. The molecule has 0 radical (unpaired) electrons. The first-order valence-corrected chi connectivity index (χ1v) is 9.71. The topological polar surface area (TPSA) is 6.48 Å². The molecule has 0 aliphatic carbocycles. The Morgan fingerprint density at radius 1 is 1.11 bits per heavy atom. The Labute approximate surface area is 124 Å². The fourth-order valence-electron chi connectivity index (χ4n) is 3.71. The van der Waals surface area contributed by atoms with E-state index in [9.17, 15) is 0 Å². The zero-order valence-corrected chi connectivity index (χ0v) is 13.8. The van der Waals surface area contributed by atoms with E-state index in [1.54, 1.807) is 0 Å². The molecule has 2 aliphatic heterocycles. The number of unbranched alkanes of at least 4 members (excludes halogenated alkanes) is 2. The molecule has 2 atom stereocenters. The Morgan fingerprint density at radius 3 is 2.79 bits per heavy atom. The maximum Gasteiger partial charge on any atom is 0.0223 e. The molecule has 2 rings (SSSR count). The number of hydrogen-bond donors (Lipinski definition) is 0. The van der Waals surface area contributed by atoms with E-state index >= 15 is 0 Å². The van der Waals surface area contributed by atoms with E-state index in [2.05, 4.69) is 23.0 Å². The lowest BCUT2D eigenvalue weighted by Gasteiger charge is -2.48. The van der Waals surface area contributed by atoms with Crippen molar-refractivity contribution >= 4 is 11.8 Å². The van der Waals surface area contributed by atoms with Gasteiger partial charge >= 0.3 is 0 Å². The Bertz CT molecular complexity index is 247. The summed E-state index contributed by atoms with van der Waals surface area (Å²) in [6, 6.07) is 1.71. The summed E-state index contributed by atoms with van der Waals surface area (Å²) >= 11 is 1.99. The average Bonchev–Trinajstić information content (AvgIpc) is 2.46. The lowest BCUT2D eigenvalue weighted by atomic mass is 9.95. The maximum atomic E-state index is 2.81. The predicted octanol–water partition coefficient (Wildman–Crippen LogP) is 3.47. The molecule has 2 nitrogen and oxygen atoms in total. The molecule has 2 saturated heterocycles. The summed E-state index contributed by atoms with van der Waals surface area (Å²) in [6.07, 6.45) is 12.1. The standard InChI is InChI=1S/C16H32N2S/c1-3-15-13-18-11-7-5-9-16(18)14-17(15)10-6-4-8-12-19-2/h15-16H,3-14H2,1-2H3. The van der Waals surface area contributed by atoms with Crippen molar-refractivity contribution in [3.63, 3.8) is 0 Å². The van der Waals surface area contributed by atoms with Gasteiger partial charge in [-0.2, -0.15) is 11.8 Å². The molecule has 2 heterocycles. The largest absolute Gasteiger partial charge is 0.298 e. The first-order chi connectivity index (χ1) is 9.35. The zero-order valence-electron chi connectivity index (χ0n) is 12.9. The molecule has 2 fully saturated rings. The molecule has 0 saturated carbocycles. The van der Waals surface area contributed by atoms with Crippen LogP contribution in [0.2, 0.25) is 0 Å². The molecule has 0 aromatic rings. The minimum Gasteiger partial charge on any atom is -0.298 e. The zero-order chi connectivity index (χ0) is 13.5. The van der Waals surface area contributed by atoms with E-state index in [1.807, 2.05) is 11.8 Å². The van der Waals surface area contributed by atoms with Crippen LogP contribution >= 0.6 is 11.8 Å². The molecule has 0 spiro atoms. The van der Waals surface area contributed by atoms with Crippen molar-refractivity contribution in [2.24, 2.45) is 0 Å². The highest BCUT2D eigenvalue weighted by Crippen LogP contribution is 2.25. The van der Waals surface area contributed by atoms with E-state index in [0.717, 1.165) is 12.1 Å². The van der Waals surface area contributed by atoms with Gasteiger partial charge in [0.05, 0.1) is 0 Å². The monoisotopic (exact) mass is 284 g/mol. The minimum absolute atomic E-state index is 0.829. The highest BCUT2D eigenvalue weighted by atomic mass is 32.2. The molecule has 0 N–H and O–H groups in total. The predicted molar refractivity (Wildman–Crippen MR) is 87.1 cm³/mol. The first-order valence-electron chi connectivity index (χ1n) is 8.32. The van der Waals surface area contributed by atoms with Gasteiger partial charge in [0, 0.05) is 25.2 Å². The van der Waals surface area contributed by atoms with Gasteiger partial charge in [0.1, 0.15) is 0 Å². The number of thioether (sulfide) groups is 1. The maximum absolute atomic E-state index is 2.81. The van der Waals surface area contributed by atoms with Crippen LogP contribution in [-0.2, 0) is 0 Å². The minimum atomic E-state index is 0.829. The van der Waals surface area contributed by atoms with Gasteiger partial charge in [0.15, 0.2) is 0 Å². The van der Waals surface area contributed by atoms with Crippen molar-refractivity contribution in [2.75, 3.05) is 38.2 Å². The van der Waals surface area contributed by atoms with E-state index in [0.29, 0.717) is 0 Å². The number of piperidine rings is 1. The van der Waals surface area contributed by atoms with Gasteiger partial charge in [-0.3, -0.25) is 9.80 Å². The second-order valence-electron chi connectivity index (χ2n) is 6.26. The van der Waals surface area contributed by atoms with Gasteiger partial charge in [-0.05, 0) is 57.2 Å². The number of fused-ring (bicyclic) bond motifs is 1. The number of rotatable bonds is 7. The summed E-state index contributed by atoms with van der Waals surface area (Å²) in [7, 11) is 0. The van der Waals surface area contributed by atoms with Gasteiger partial charge in [0.25, 0.3) is 0 Å². The lowest BCUT2D eigenvalue weighted by Crippen LogP contribution is -2.59. The van der Waals surface area contributed by atoms with Crippen LogP contribution in [0.5, 0.6) is 0 Å². The van der Waals surface area contributed by atoms with Crippen LogP contribution < -0.4 is 0 Å². The summed E-state index contributed by atoms with van der Waals surface area (Å²) in [5.41, 5.74) is 0. The molecule has 0 aromatic carbocycles. The summed E-state index contributed by atoms with van der Waals surface area (Å²) in [6.45, 7) is 7.77. The van der Waals surface area contributed by atoms with E-state index in [4.69, 9.17) is 0 Å². The van der Waals surface area contributed by atoms with Crippen LogP contribution in [0.1, 0.15) is 51.9 Å². The fraction of sp³-hybridized carbons (Fsp3) is 1.00. The van der Waals surface area contributed by atoms with E-state index < -0.39 is 0 Å². The molecular formula is C16H32N2S. The van der Waals surface area contributed by atoms with Gasteiger partial charge < -0.3 is 0 Å². The first kappa shape index (κ1) is 15.7. The van der Waals surface area contributed by atoms with Crippen LogP contribution in [0, 0.1) is 0 Å². The molecule has 0 amide bonds.